The van der Waals surface area contributed by atoms with E-state index in [1.54, 1.807) is 0 Å². The number of epoxide rings is 1. The van der Waals surface area contributed by atoms with E-state index in [-0.39, 0.29) is 11.9 Å². The first-order valence-corrected chi connectivity index (χ1v) is 5.83. The van der Waals surface area contributed by atoms with Crippen molar-refractivity contribution in [2.45, 2.75) is 44.9 Å². The Balaban J connectivity index is 2.33. The van der Waals surface area contributed by atoms with Crippen molar-refractivity contribution in [3.05, 3.63) is 21.9 Å². The van der Waals surface area contributed by atoms with Crippen LogP contribution in [0.25, 0.3) is 0 Å². The van der Waals surface area contributed by atoms with Crippen molar-refractivity contribution in [3.63, 3.8) is 0 Å². The van der Waals surface area contributed by atoms with Gasteiger partial charge in [0, 0.05) is 6.42 Å². The Kier molecular flexibility index (Phi) is 3.12. The predicted molar refractivity (Wildman–Crippen MR) is 63.2 cm³/mol. The van der Waals surface area contributed by atoms with Gasteiger partial charge in [-0.25, -0.2) is 0 Å². The molecule has 0 aliphatic carbocycles. The number of aliphatic hydroxyl groups is 1. The Labute approximate surface area is 105 Å². The summed E-state index contributed by atoms with van der Waals surface area (Å²) in [7, 11) is 0. The van der Waals surface area contributed by atoms with Gasteiger partial charge in [0.05, 0.1) is 35.1 Å². The van der Waals surface area contributed by atoms with E-state index in [0.29, 0.717) is 18.7 Å². The van der Waals surface area contributed by atoms with Gasteiger partial charge in [0.1, 0.15) is 6.10 Å². The Morgan fingerprint density at radius 2 is 2.33 bits per heavy atom. The fourth-order valence-electron chi connectivity index (χ4n) is 1.82. The maximum atomic E-state index is 10.8. The van der Waals surface area contributed by atoms with E-state index in [9.17, 15) is 15.2 Å². The molecule has 2 rings (SSSR count). The molecule has 100 valence electrons. The van der Waals surface area contributed by atoms with Crippen molar-refractivity contribution >= 4 is 5.82 Å². The highest BCUT2D eigenvalue weighted by atomic mass is 16.6. The van der Waals surface area contributed by atoms with Crippen LogP contribution in [0.1, 0.15) is 39.0 Å². The number of ether oxygens (including phenoxy) is 1. The fraction of sp³-hybridized carbons (Fsp3) is 0.727. The molecular weight excluding hydrogens is 238 g/mol. The van der Waals surface area contributed by atoms with Crippen LogP contribution in [0, 0.1) is 10.1 Å². The molecule has 1 fully saturated rings. The van der Waals surface area contributed by atoms with Gasteiger partial charge in [-0.15, -0.1) is 0 Å². The van der Waals surface area contributed by atoms with Crippen molar-refractivity contribution < 1.29 is 14.8 Å². The first-order valence-electron chi connectivity index (χ1n) is 5.83. The molecule has 0 bridgehead atoms. The third kappa shape index (κ3) is 2.68. The molecular formula is C11H17N3O4. The second kappa shape index (κ2) is 4.33. The zero-order valence-electron chi connectivity index (χ0n) is 10.7. The molecule has 7 heteroatoms. The van der Waals surface area contributed by atoms with E-state index in [0.717, 1.165) is 0 Å². The van der Waals surface area contributed by atoms with Gasteiger partial charge in [0.15, 0.2) is 0 Å². The first-order chi connectivity index (χ1) is 8.29. The van der Waals surface area contributed by atoms with Crippen molar-refractivity contribution in [2.75, 3.05) is 6.61 Å². The van der Waals surface area contributed by atoms with Gasteiger partial charge < -0.3 is 20.0 Å². The quantitative estimate of drug-likeness (QED) is 0.498. The van der Waals surface area contributed by atoms with Crippen LogP contribution in [0.4, 0.5) is 5.82 Å². The van der Waals surface area contributed by atoms with E-state index < -0.39 is 16.6 Å². The molecule has 0 aromatic carbocycles. The van der Waals surface area contributed by atoms with Gasteiger partial charge in [0.2, 0.25) is 0 Å². The Bertz CT molecular complexity index is 459. The van der Waals surface area contributed by atoms with Crippen LogP contribution in [0.5, 0.6) is 0 Å². The topological polar surface area (TPSA) is 93.7 Å². The SMILES string of the molecule is CC(C)(C)n1nc([N+](=O)[O-])cc1C(O)CC1CO1. The standard InChI is InChI=1S/C11H17N3O4/c1-11(2,3)13-8(5-10(12-13)14(16)17)9(15)4-7-6-18-7/h5,7,9,15H,4,6H2,1-3H3. The third-order valence-electron chi connectivity index (χ3n) is 2.78. The molecule has 2 atom stereocenters. The minimum atomic E-state index is -0.794. The van der Waals surface area contributed by atoms with Gasteiger partial charge >= 0.3 is 5.82 Å². The Hall–Kier alpha value is -1.47. The predicted octanol–water partition coefficient (Wildman–Crippen LogP) is 1.37. The first kappa shape index (κ1) is 13.0. The molecule has 0 radical (unpaired) electrons. The fourth-order valence-corrected chi connectivity index (χ4v) is 1.82. The minimum absolute atomic E-state index is 0.0578. The van der Waals surface area contributed by atoms with Gasteiger partial charge in [-0.3, -0.25) is 0 Å². The summed E-state index contributed by atoms with van der Waals surface area (Å²) in [6.45, 7) is 6.29. The average molecular weight is 255 g/mol. The van der Waals surface area contributed by atoms with E-state index >= 15 is 0 Å². The third-order valence-corrected chi connectivity index (χ3v) is 2.78. The number of aliphatic hydroxyl groups excluding tert-OH is 1. The smallest absolute Gasteiger partial charge is 0.387 e. The molecule has 7 nitrogen and oxygen atoms in total. The van der Waals surface area contributed by atoms with Gasteiger partial charge in [-0.05, 0) is 25.7 Å². The molecule has 0 spiro atoms. The zero-order valence-corrected chi connectivity index (χ0v) is 10.7. The van der Waals surface area contributed by atoms with Gasteiger partial charge in [0.25, 0.3) is 0 Å². The lowest BCUT2D eigenvalue weighted by atomic mass is 10.1. The molecule has 1 aromatic rings. The van der Waals surface area contributed by atoms with Crippen molar-refractivity contribution in [3.8, 4) is 0 Å². The highest BCUT2D eigenvalue weighted by molar-refractivity contribution is 5.25. The zero-order chi connectivity index (χ0) is 13.5. The lowest BCUT2D eigenvalue weighted by molar-refractivity contribution is -0.389. The van der Waals surface area contributed by atoms with E-state index in [1.165, 1.54) is 10.7 Å². The molecule has 1 aliphatic heterocycles. The average Bonchev–Trinajstić information content (AvgIpc) is 2.92. The molecule has 2 heterocycles. The summed E-state index contributed by atoms with van der Waals surface area (Å²) in [5.74, 6) is -0.240. The number of hydrogen-bond donors (Lipinski definition) is 1. The molecule has 1 aromatic heterocycles. The number of nitrogens with zero attached hydrogens (tertiary/aromatic N) is 3. The molecule has 0 saturated carbocycles. The van der Waals surface area contributed by atoms with Crippen LogP contribution in [0.15, 0.2) is 6.07 Å². The number of rotatable bonds is 4. The summed E-state index contributed by atoms with van der Waals surface area (Å²) < 4.78 is 6.57. The second-order valence-electron chi connectivity index (χ2n) is 5.47. The summed E-state index contributed by atoms with van der Waals surface area (Å²) in [5.41, 5.74) is 0.0410. The molecule has 18 heavy (non-hydrogen) atoms. The highest BCUT2D eigenvalue weighted by Gasteiger charge is 2.33. The lowest BCUT2D eigenvalue weighted by Gasteiger charge is -2.20. The van der Waals surface area contributed by atoms with E-state index in [1.807, 2.05) is 20.8 Å². The van der Waals surface area contributed by atoms with Crippen LogP contribution in [-0.2, 0) is 10.3 Å². The summed E-state index contributed by atoms with van der Waals surface area (Å²) in [6, 6.07) is 1.33. The molecule has 0 amide bonds. The molecule has 1 aliphatic rings. The highest BCUT2D eigenvalue weighted by Crippen LogP contribution is 2.30. The lowest BCUT2D eigenvalue weighted by Crippen LogP contribution is -2.26. The maximum absolute atomic E-state index is 10.8. The van der Waals surface area contributed by atoms with E-state index in [2.05, 4.69) is 5.10 Å². The van der Waals surface area contributed by atoms with E-state index in [4.69, 9.17) is 4.74 Å². The molecule has 1 N–H and O–H groups in total. The number of hydrogen-bond acceptors (Lipinski definition) is 5. The van der Waals surface area contributed by atoms with Crippen LogP contribution >= 0.6 is 0 Å². The number of aromatic nitrogens is 2. The van der Waals surface area contributed by atoms with Crippen molar-refractivity contribution in [1.82, 2.24) is 9.78 Å². The van der Waals surface area contributed by atoms with Crippen molar-refractivity contribution in [1.29, 1.82) is 0 Å². The molecule has 1 saturated heterocycles. The second-order valence-corrected chi connectivity index (χ2v) is 5.47. The summed E-state index contributed by atoms with van der Waals surface area (Å²) in [5, 5.41) is 24.8. The Morgan fingerprint density at radius 1 is 1.72 bits per heavy atom. The van der Waals surface area contributed by atoms with Crippen LogP contribution in [0.3, 0.4) is 0 Å². The summed E-state index contributed by atoms with van der Waals surface area (Å²) >= 11 is 0. The van der Waals surface area contributed by atoms with Crippen LogP contribution in [-0.4, -0.2) is 32.5 Å². The van der Waals surface area contributed by atoms with Gasteiger partial charge in [-0.2, -0.15) is 4.68 Å². The van der Waals surface area contributed by atoms with Gasteiger partial charge in [-0.1, -0.05) is 0 Å². The normalized spacial score (nSPS) is 20.8. The maximum Gasteiger partial charge on any atom is 0.390 e. The van der Waals surface area contributed by atoms with Crippen molar-refractivity contribution in [2.24, 2.45) is 0 Å². The molecule has 2 unspecified atom stereocenters. The monoisotopic (exact) mass is 255 g/mol. The summed E-state index contributed by atoms with van der Waals surface area (Å²) in [6.07, 6.45) is -0.292. The largest absolute Gasteiger partial charge is 0.390 e. The van der Waals surface area contributed by atoms with Crippen LogP contribution in [0.2, 0.25) is 0 Å². The summed E-state index contributed by atoms with van der Waals surface area (Å²) in [4.78, 5) is 10.2. The van der Waals surface area contributed by atoms with Crippen LogP contribution < -0.4 is 0 Å². The Morgan fingerprint density at radius 3 is 2.78 bits per heavy atom. The number of nitro groups is 1. The minimum Gasteiger partial charge on any atom is -0.387 e.